The van der Waals surface area contributed by atoms with Gasteiger partial charge in [-0.3, -0.25) is 9.69 Å². The number of nitrogens with one attached hydrogen (secondary N) is 1. The summed E-state index contributed by atoms with van der Waals surface area (Å²) in [7, 11) is 0. The number of rotatable bonds is 9. The summed E-state index contributed by atoms with van der Waals surface area (Å²) in [6, 6.07) is 18.2. The van der Waals surface area contributed by atoms with Crippen molar-refractivity contribution in [3.8, 4) is 22.8 Å². The summed E-state index contributed by atoms with van der Waals surface area (Å²) in [5.41, 5.74) is 5.05. The summed E-state index contributed by atoms with van der Waals surface area (Å²) in [5, 5.41) is 7.80. The molecular weight excluding hydrogens is 617 g/mol. The molecule has 1 fully saturated rings. The number of carbonyl (C=O) groups is 2. The number of aliphatic imine (C=N–C) groups is 1. The molecule has 4 aromatic rings. The molecule has 3 aromatic carbocycles. The molecule has 46 heavy (non-hydrogen) atoms. The van der Waals surface area contributed by atoms with Gasteiger partial charge < -0.3 is 10.1 Å². The van der Waals surface area contributed by atoms with Crippen LogP contribution in [0.4, 0.5) is 23.7 Å². The van der Waals surface area contributed by atoms with Crippen molar-refractivity contribution in [2.24, 2.45) is 4.99 Å². The van der Waals surface area contributed by atoms with E-state index >= 15 is 0 Å². The van der Waals surface area contributed by atoms with Crippen molar-refractivity contribution in [3.05, 3.63) is 89.7 Å². The Balaban J connectivity index is 1.23. The number of anilines is 1. The van der Waals surface area contributed by atoms with Crippen molar-refractivity contribution < 1.29 is 27.5 Å². The lowest BCUT2D eigenvalue weighted by Gasteiger charge is -2.22. The molecule has 1 unspecified atom stereocenters. The molecule has 0 spiro atoms. The van der Waals surface area contributed by atoms with Gasteiger partial charge >= 0.3 is 12.4 Å². The van der Waals surface area contributed by atoms with Gasteiger partial charge in [-0.15, -0.1) is 18.3 Å². The van der Waals surface area contributed by atoms with Gasteiger partial charge in [-0.25, -0.2) is 14.5 Å². The van der Waals surface area contributed by atoms with Crippen LogP contribution in [0.3, 0.4) is 0 Å². The average molecular weight is 651 g/mol. The zero-order chi connectivity index (χ0) is 33.0. The molecule has 1 aliphatic rings. The highest BCUT2D eigenvalue weighted by atomic mass is 32.2. The second-order valence-corrected chi connectivity index (χ2v) is 12.1. The number of alkyl halides is 3. The molecule has 1 N–H and O–H groups in total. The van der Waals surface area contributed by atoms with E-state index in [9.17, 15) is 22.8 Å². The van der Waals surface area contributed by atoms with Crippen LogP contribution in [0.25, 0.3) is 17.1 Å². The number of amides is 3. The normalized spacial score (nSPS) is 15.1. The summed E-state index contributed by atoms with van der Waals surface area (Å²) in [4.78, 5) is 36.1. The van der Waals surface area contributed by atoms with E-state index in [0.717, 1.165) is 27.9 Å². The number of hydrogen-bond donors (Lipinski definition) is 1. The number of urea groups is 1. The van der Waals surface area contributed by atoms with E-state index in [1.165, 1.54) is 47.0 Å². The molecule has 5 rings (SSSR count). The Bertz CT molecular complexity index is 1740. The van der Waals surface area contributed by atoms with E-state index in [0.29, 0.717) is 29.5 Å². The number of aromatic nitrogens is 3. The van der Waals surface area contributed by atoms with Crippen LogP contribution in [0.2, 0.25) is 0 Å². The molecular formula is C33H33F3N6O3S. The van der Waals surface area contributed by atoms with Crippen molar-refractivity contribution in [2.45, 2.75) is 58.9 Å². The standard InChI is InChI=1S/C33H33F3N6O3S/c1-5-24(38-31(44)39-32-42(29(43)18-46-32)28-16-21(4)6-15-27(28)20(2)3)17-22-7-9-23(10-8-22)30-37-19-41(40-30)25-11-13-26(14-12-25)45-33(34,35)36/h6-16,19-20,24H,5,17-18H2,1-4H3,(H,38,44). The summed E-state index contributed by atoms with van der Waals surface area (Å²) in [5.74, 6) is 0.425. The first-order valence-electron chi connectivity index (χ1n) is 14.7. The summed E-state index contributed by atoms with van der Waals surface area (Å²) < 4.78 is 42.7. The van der Waals surface area contributed by atoms with E-state index in [-0.39, 0.29) is 29.4 Å². The van der Waals surface area contributed by atoms with Crippen LogP contribution in [-0.4, -0.2) is 50.0 Å². The summed E-state index contributed by atoms with van der Waals surface area (Å²) >= 11 is 1.25. The Morgan fingerprint density at radius 1 is 1.09 bits per heavy atom. The number of halogens is 3. The molecule has 0 aliphatic carbocycles. The maximum absolute atomic E-state index is 13.0. The zero-order valence-corrected chi connectivity index (χ0v) is 26.5. The Labute approximate surface area is 268 Å². The van der Waals surface area contributed by atoms with E-state index < -0.39 is 12.4 Å². The number of aryl methyl sites for hydroxylation is 1. The van der Waals surface area contributed by atoms with Gasteiger partial charge in [0.05, 0.1) is 17.1 Å². The van der Waals surface area contributed by atoms with E-state index in [4.69, 9.17) is 0 Å². The van der Waals surface area contributed by atoms with Crippen LogP contribution in [0.1, 0.15) is 49.8 Å². The molecule has 2 heterocycles. The van der Waals surface area contributed by atoms with Gasteiger partial charge in [-0.2, -0.15) is 4.99 Å². The molecule has 0 saturated carbocycles. The zero-order valence-electron chi connectivity index (χ0n) is 25.7. The smallest absolute Gasteiger partial charge is 0.406 e. The second-order valence-electron chi connectivity index (χ2n) is 11.1. The fourth-order valence-corrected chi connectivity index (χ4v) is 5.86. The number of amidine groups is 1. The first-order chi connectivity index (χ1) is 21.9. The minimum Gasteiger partial charge on any atom is -0.406 e. The minimum absolute atomic E-state index is 0.107. The second kappa shape index (κ2) is 13.8. The van der Waals surface area contributed by atoms with Crippen LogP contribution < -0.4 is 15.0 Å². The van der Waals surface area contributed by atoms with Gasteiger partial charge in [0.15, 0.2) is 11.0 Å². The van der Waals surface area contributed by atoms with Crippen LogP contribution in [0, 0.1) is 6.92 Å². The SMILES string of the molecule is CCC(Cc1ccc(-c2ncn(-c3ccc(OC(F)(F)F)cc3)n2)cc1)NC(=O)N=C1SCC(=O)N1c1cc(C)ccc1C(C)C. The highest BCUT2D eigenvalue weighted by Crippen LogP contribution is 2.34. The van der Waals surface area contributed by atoms with Crippen LogP contribution >= 0.6 is 11.8 Å². The fourth-order valence-electron chi connectivity index (χ4n) is 5.00. The topological polar surface area (TPSA) is 102 Å². The maximum Gasteiger partial charge on any atom is 0.573 e. The lowest BCUT2D eigenvalue weighted by atomic mass is 9.99. The lowest BCUT2D eigenvalue weighted by Crippen LogP contribution is -2.36. The van der Waals surface area contributed by atoms with E-state index in [2.05, 4.69) is 39.0 Å². The number of thioether (sulfide) groups is 1. The maximum atomic E-state index is 13.0. The number of nitrogens with zero attached hydrogens (tertiary/aromatic N) is 5. The minimum atomic E-state index is -4.76. The van der Waals surface area contributed by atoms with Crippen molar-refractivity contribution >= 4 is 34.6 Å². The Kier molecular flexibility index (Phi) is 9.80. The molecule has 1 atom stereocenters. The first kappa shape index (κ1) is 32.7. The van der Waals surface area contributed by atoms with Gasteiger partial charge in [0.1, 0.15) is 12.1 Å². The quantitative estimate of drug-likeness (QED) is 0.202. The molecule has 1 saturated heterocycles. The molecule has 0 bridgehead atoms. The van der Waals surface area contributed by atoms with Gasteiger partial charge in [0.25, 0.3) is 0 Å². The van der Waals surface area contributed by atoms with Gasteiger partial charge in [0.2, 0.25) is 5.91 Å². The Morgan fingerprint density at radius 2 is 1.80 bits per heavy atom. The largest absolute Gasteiger partial charge is 0.573 e. The summed E-state index contributed by atoms with van der Waals surface area (Å²) in [6.07, 6.45) is -2.05. The summed E-state index contributed by atoms with van der Waals surface area (Å²) in [6.45, 7) is 8.08. The van der Waals surface area contributed by atoms with E-state index in [1.54, 1.807) is 4.90 Å². The first-order valence-corrected chi connectivity index (χ1v) is 15.7. The van der Waals surface area contributed by atoms with Crippen molar-refractivity contribution in [3.63, 3.8) is 0 Å². The van der Waals surface area contributed by atoms with Crippen LogP contribution in [0.5, 0.6) is 5.75 Å². The molecule has 1 aliphatic heterocycles. The molecule has 13 heteroatoms. The monoisotopic (exact) mass is 650 g/mol. The average Bonchev–Trinajstić information content (AvgIpc) is 3.63. The third kappa shape index (κ3) is 7.94. The fraction of sp³-hybridized carbons (Fsp3) is 0.303. The predicted octanol–water partition coefficient (Wildman–Crippen LogP) is 7.43. The van der Waals surface area contributed by atoms with Gasteiger partial charge in [-0.1, -0.05) is 68.9 Å². The Hall–Kier alpha value is -4.65. The Morgan fingerprint density at radius 3 is 2.46 bits per heavy atom. The molecule has 240 valence electrons. The highest BCUT2D eigenvalue weighted by Gasteiger charge is 2.33. The molecule has 1 aromatic heterocycles. The van der Waals surface area contributed by atoms with Crippen LogP contribution in [0.15, 0.2) is 78.0 Å². The van der Waals surface area contributed by atoms with Crippen molar-refractivity contribution in [1.29, 1.82) is 0 Å². The van der Waals surface area contributed by atoms with Gasteiger partial charge in [0, 0.05) is 11.6 Å². The van der Waals surface area contributed by atoms with Crippen molar-refractivity contribution in [1.82, 2.24) is 20.1 Å². The molecule has 0 radical (unpaired) electrons. The number of carbonyl (C=O) groups excluding carboxylic acids is 2. The highest BCUT2D eigenvalue weighted by molar-refractivity contribution is 8.15. The molecule has 9 nitrogen and oxygen atoms in total. The third-order valence-electron chi connectivity index (χ3n) is 7.35. The van der Waals surface area contributed by atoms with Crippen LogP contribution in [-0.2, 0) is 11.2 Å². The third-order valence-corrected chi connectivity index (χ3v) is 8.28. The van der Waals surface area contributed by atoms with Gasteiger partial charge in [-0.05, 0) is 72.7 Å². The number of benzene rings is 3. The number of ether oxygens (including phenoxy) is 1. The van der Waals surface area contributed by atoms with Crippen molar-refractivity contribution in [2.75, 3.05) is 10.7 Å². The molecule has 3 amide bonds. The lowest BCUT2D eigenvalue weighted by molar-refractivity contribution is -0.274. The predicted molar refractivity (Wildman–Crippen MR) is 172 cm³/mol. The number of hydrogen-bond acceptors (Lipinski definition) is 6. The van der Waals surface area contributed by atoms with E-state index in [1.807, 2.05) is 56.3 Å².